The first kappa shape index (κ1) is 16.5. The third kappa shape index (κ3) is 3.77. The Morgan fingerprint density at radius 1 is 1.33 bits per heavy atom. The number of aryl methyl sites for hydroxylation is 3. The molecule has 2 heterocycles. The summed E-state index contributed by atoms with van der Waals surface area (Å²) in [6.07, 6.45) is 0.926. The van der Waals surface area contributed by atoms with Gasteiger partial charge in [0.2, 0.25) is 0 Å². The number of thiazole rings is 1. The Kier molecular flexibility index (Phi) is 4.86. The van der Waals surface area contributed by atoms with Crippen LogP contribution in [0.25, 0.3) is 0 Å². The zero-order valence-electron chi connectivity index (χ0n) is 14.2. The molecule has 1 aliphatic heterocycles. The number of anilines is 1. The summed E-state index contributed by atoms with van der Waals surface area (Å²) in [5.41, 5.74) is 3.07. The molecule has 3 rings (SSSR count). The van der Waals surface area contributed by atoms with Gasteiger partial charge in [0, 0.05) is 35.5 Å². The summed E-state index contributed by atoms with van der Waals surface area (Å²) in [6.45, 7) is 7.83. The molecule has 1 unspecified atom stereocenters. The Morgan fingerprint density at radius 3 is 2.83 bits per heavy atom. The number of hydrogen-bond donors (Lipinski definition) is 1. The van der Waals surface area contributed by atoms with E-state index in [1.54, 1.807) is 11.3 Å². The fourth-order valence-electron chi connectivity index (χ4n) is 2.70. The van der Waals surface area contributed by atoms with Gasteiger partial charge in [-0.3, -0.25) is 4.79 Å². The number of rotatable bonds is 2. The molecule has 1 fully saturated rings. The molecule has 1 aromatic carbocycles. The van der Waals surface area contributed by atoms with Crippen LogP contribution in [-0.2, 0) is 4.79 Å². The predicted molar refractivity (Wildman–Crippen MR) is 98.4 cm³/mol. The maximum Gasteiger partial charge on any atom is 0.296 e. The lowest BCUT2D eigenvalue weighted by atomic mass is 10.1. The standard InChI is InChI=1S/C19H21N3OS/c1-13-6-4-5-7-16(13)8-9-18(23)21-17-10-11-22(12-17)19-20-14(2)15(3)24-19/h4-7,17H,10-12H2,1-3H3,(H,21,23). The number of benzene rings is 1. The van der Waals surface area contributed by atoms with Gasteiger partial charge in [0.05, 0.1) is 5.69 Å². The molecule has 5 heteroatoms. The topological polar surface area (TPSA) is 45.2 Å². The third-order valence-electron chi connectivity index (χ3n) is 4.27. The smallest absolute Gasteiger partial charge is 0.296 e. The lowest BCUT2D eigenvalue weighted by molar-refractivity contribution is -0.116. The summed E-state index contributed by atoms with van der Waals surface area (Å²) in [6, 6.07) is 7.96. The molecule has 1 N–H and O–H groups in total. The van der Waals surface area contributed by atoms with E-state index in [2.05, 4.69) is 34.0 Å². The Labute approximate surface area is 146 Å². The molecule has 1 saturated heterocycles. The molecule has 1 aromatic heterocycles. The highest BCUT2D eigenvalue weighted by atomic mass is 32.1. The summed E-state index contributed by atoms with van der Waals surface area (Å²) in [7, 11) is 0. The average Bonchev–Trinajstić information content (AvgIpc) is 3.14. The predicted octanol–water partition coefficient (Wildman–Crippen LogP) is 2.81. The number of aromatic nitrogens is 1. The summed E-state index contributed by atoms with van der Waals surface area (Å²) in [5.74, 6) is 5.45. The quantitative estimate of drug-likeness (QED) is 0.856. The van der Waals surface area contributed by atoms with Crippen LogP contribution < -0.4 is 10.2 Å². The van der Waals surface area contributed by atoms with Crippen molar-refractivity contribution in [3.05, 3.63) is 46.0 Å². The summed E-state index contributed by atoms with van der Waals surface area (Å²) >= 11 is 1.72. The van der Waals surface area contributed by atoms with Crippen LogP contribution in [0.1, 0.15) is 28.1 Å². The second-order valence-corrected chi connectivity index (χ2v) is 7.29. The third-order valence-corrected chi connectivity index (χ3v) is 5.40. The zero-order chi connectivity index (χ0) is 17.1. The Bertz CT molecular complexity index is 796. The fourth-order valence-corrected chi connectivity index (χ4v) is 3.65. The Morgan fingerprint density at radius 2 is 2.12 bits per heavy atom. The van der Waals surface area contributed by atoms with Crippen LogP contribution in [0, 0.1) is 32.6 Å². The largest absolute Gasteiger partial charge is 0.346 e. The van der Waals surface area contributed by atoms with Gasteiger partial charge in [0.15, 0.2) is 5.13 Å². The summed E-state index contributed by atoms with van der Waals surface area (Å²) in [5, 5.41) is 4.06. The fraction of sp³-hybridized carbons (Fsp3) is 0.368. The van der Waals surface area contributed by atoms with E-state index in [1.807, 2.05) is 38.1 Å². The van der Waals surface area contributed by atoms with Crippen LogP contribution in [0.4, 0.5) is 5.13 Å². The number of carbonyl (C=O) groups is 1. The van der Waals surface area contributed by atoms with Gasteiger partial charge in [0.1, 0.15) is 0 Å². The zero-order valence-corrected chi connectivity index (χ0v) is 15.0. The Hall–Kier alpha value is -2.32. The van der Waals surface area contributed by atoms with Crippen molar-refractivity contribution in [3.8, 4) is 11.8 Å². The van der Waals surface area contributed by atoms with Gasteiger partial charge >= 0.3 is 0 Å². The maximum absolute atomic E-state index is 12.1. The van der Waals surface area contributed by atoms with Crippen molar-refractivity contribution < 1.29 is 4.79 Å². The minimum Gasteiger partial charge on any atom is -0.346 e. The molecular weight excluding hydrogens is 318 g/mol. The molecule has 24 heavy (non-hydrogen) atoms. The maximum atomic E-state index is 12.1. The lowest BCUT2D eigenvalue weighted by Gasteiger charge is -2.14. The van der Waals surface area contributed by atoms with Crippen molar-refractivity contribution in [1.29, 1.82) is 0 Å². The molecule has 0 aliphatic carbocycles. The van der Waals surface area contributed by atoms with Crippen LogP contribution in [0.5, 0.6) is 0 Å². The molecule has 2 aromatic rings. The SMILES string of the molecule is Cc1ccccc1C#CC(=O)NC1CCN(c2nc(C)c(C)s2)C1. The van der Waals surface area contributed by atoms with E-state index in [1.165, 1.54) is 4.88 Å². The monoisotopic (exact) mass is 339 g/mol. The first-order chi connectivity index (χ1) is 11.5. The molecule has 1 aliphatic rings. The molecule has 4 nitrogen and oxygen atoms in total. The molecule has 1 atom stereocenters. The van der Waals surface area contributed by atoms with Crippen LogP contribution >= 0.6 is 11.3 Å². The van der Waals surface area contributed by atoms with Crippen LogP contribution in [0.3, 0.4) is 0 Å². The van der Waals surface area contributed by atoms with E-state index in [-0.39, 0.29) is 11.9 Å². The van der Waals surface area contributed by atoms with Crippen LogP contribution in [0.15, 0.2) is 24.3 Å². The highest BCUT2D eigenvalue weighted by molar-refractivity contribution is 7.15. The van der Waals surface area contributed by atoms with E-state index < -0.39 is 0 Å². The van der Waals surface area contributed by atoms with Gasteiger partial charge in [-0.1, -0.05) is 24.1 Å². The van der Waals surface area contributed by atoms with E-state index in [4.69, 9.17) is 0 Å². The molecule has 0 bridgehead atoms. The first-order valence-electron chi connectivity index (χ1n) is 8.10. The average molecular weight is 339 g/mol. The summed E-state index contributed by atoms with van der Waals surface area (Å²) in [4.78, 5) is 20.2. The molecular formula is C19H21N3OS. The van der Waals surface area contributed by atoms with Gasteiger partial charge < -0.3 is 10.2 Å². The van der Waals surface area contributed by atoms with Crippen molar-refractivity contribution >= 4 is 22.4 Å². The number of nitrogens with zero attached hydrogens (tertiary/aromatic N) is 2. The number of nitrogens with one attached hydrogen (secondary N) is 1. The van der Waals surface area contributed by atoms with Gasteiger partial charge in [-0.2, -0.15) is 0 Å². The highest BCUT2D eigenvalue weighted by Crippen LogP contribution is 2.27. The second kappa shape index (κ2) is 7.06. The van der Waals surface area contributed by atoms with Gasteiger partial charge in [-0.15, -0.1) is 11.3 Å². The van der Waals surface area contributed by atoms with Gasteiger partial charge in [-0.25, -0.2) is 4.98 Å². The van der Waals surface area contributed by atoms with E-state index in [0.717, 1.165) is 41.5 Å². The molecule has 124 valence electrons. The van der Waals surface area contributed by atoms with Crippen molar-refractivity contribution in [3.63, 3.8) is 0 Å². The van der Waals surface area contributed by atoms with Crippen molar-refractivity contribution in [2.45, 2.75) is 33.2 Å². The molecule has 1 amide bonds. The molecule has 0 spiro atoms. The number of hydrogen-bond acceptors (Lipinski definition) is 4. The second-order valence-electron chi connectivity index (χ2n) is 6.11. The number of amides is 1. The van der Waals surface area contributed by atoms with Crippen LogP contribution in [0.2, 0.25) is 0 Å². The van der Waals surface area contributed by atoms with E-state index >= 15 is 0 Å². The normalized spacial score (nSPS) is 16.6. The molecule has 0 radical (unpaired) electrons. The van der Waals surface area contributed by atoms with Crippen molar-refractivity contribution in [1.82, 2.24) is 10.3 Å². The van der Waals surface area contributed by atoms with Gasteiger partial charge in [-0.05, 0) is 38.8 Å². The number of carbonyl (C=O) groups excluding carboxylic acids is 1. The van der Waals surface area contributed by atoms with Crippen LogP contribution in [-0.4, -0.2) is 30.0 Å². The van der Waals surface area contributed by atoms with E-state index in [9.17, 15) is 4.79 Å². The minimum atomic E-state index is -0.211. The minimum absolute atomic E-state index is 0.133. The van der Waals surface area contributed by atoms with Crippen molar-refractivity contribution in [2.75, 3.05) is 18.0 Å². The van der Waals surface area contributed by atoms with E-state index in [0.29, 0.717) is 0 Å². The van der Waals surface area contributed by atoms with Crippen molar-refractivity contribution in [2.24, 2.45) is 0 Å². The lowest BCUT2D eigenvalue weighted by Crippen LogP contribution is -2.36. The van der Waals surface area contributed by atoms with Gasteiger partial charge in [0.25, 0.3) is 5.91 Å². The molecule has 0 saturated carbocycles. The Balaban J connectivity index is 1.58. The highest BCUT2D eigenvalue weighted by Gasteiger charge is 2.25. The first-order valence-corrected chi connectivity index (χ1v) is 8.91. The summed E-state index contributed by atoms with van der Waals surface area (Å²) < 4.78 is 0.